The zero-order valence-electron chi connectivity index (χ0n) is 24.5. The van der Waals surface area contributed by atoms with E-state index in [1.165, 1.54) is 11.1 Å². The van der Waals surface area contributed by atoms with Gasteiger partial charge < -0.3 is 25.6 Å². The van der Waals surface area contributed by atoms with E-state index in [1.807, 2.05) is 39.9 Å². The Kier molecular flexibility index (Phi) is 11.5. The van der Waals surface area contributed by atoms with Crippen molar-refractivity contribution >= 4 is 35.4 Å². The van der Waals surface area contributed by atoms with Crippen LogP contribution >= 0.6 is 0 Å². The molecule has 0 radical (unpaired) electrons. The van der Waals surface area contributed by atoms with E-state index in [9.17, 15) is 19.2 Å². The molecule has 5 rings (SSSR count). The first kappa shape index (κ1) is 31.7. The van der Waals surface area contributed by atoms with Crippen molar-refractivity contribution in [2.45, 2.75) is 26.9 Å². The lowest BCUT2D eigenvalue weighted by Gasteiger charge is -2.26. The Labute approximate surface area is 245 Å². The van der Waals surface area contributed by atoms with Gasteiger partial charge in [0.05, 0.1) is 5.69 Å². The molecule has 3 aliphatic rings. The number of carbonyl (C=O) groups excluding carboxylic acids is 4. The van der Waals surface area contributed by atoms with Crippen molar-refractivity contribution in [2.75, 3.05) is 39.6 Å². The van der Waals surface area contributed by atoms with Crippen LogP contribution in [0.15, 0.2) is 71.1 Å². The van der Waals surface area contributed by atoms with E-state index in [2.05, 4.69) is 26.4 Å². The standard InChI is InChI=1S/C25H22N6O5.C3H9N.C2H6/c32-13-16-3-1-15(2-4-16)11-27-25(35)20-10-19(29-22-7-8-28-31(20)22)24(34)26-12-17-5-6-21-18(9-17)30-23(33)14-36-21;1-4(2)3;1-2/h1-7,9-10,13,28H,8,11-12,14H2,(H,26,34)(H,27,35)(H,30,33);1-3H3;1-2H3. The molecule has 12 nitrogen and oxygen atoms in total. The fraction of sp³-hybridized carbons (Fsp3) is 0.300. The summed E-state index contributed by atoms with van der Waals surface area (Å²) in [5.41, 5.74) is 6.05. The van der Waals surface area contributed by atoms with Crippen LogP contribution in [0.2, 0.25) is 0 Å². The monoisotopic (exact) mass is 575 g/mol. The van der Waals surface area contributed by atoms with Crippen LogP contribution in [0.25, 0.3) is 0 Å². The first-order chi connectivity index (χ1) is 20.2. The third kappa shape index (κ3) is 8.59. The van der Waals surface area contributed by atoms with Gasteiger partial charge in [0.1, 0.15) is 29.3 Å². The molecule has 4 N–H and O–H groups in total. The van der Waals surface area contributed by atoms with Gasteiger partial charge in [-0.25, -0.2) is 10.4 Å². The number of ether oxygens (including phenoxy) is 1. The molecule has 0 unspecified atom stereocenters. The SMILES string of the molecule is CC.CN(C)C.O=Cc1ccc(CNC(=O)C2=CC(C(=O)NCc3ccc4c(c3)NC(=O)CO4)=NC3=CCNN32)cc1. The molecule has 3 aliphatic heterocycles. The number of fused-ring (bicyclic) bond motifs is 2. The Bertz CT molecular complexity index is 1390. The topological polar surface area (TPSA) is 144 Å². The largest absolute Gasteiger partial charge is 0.482 e. The highest BCUT2D eigenvalue weighted by atomic mass is 16.5. The predicted molar refractivity (Wildman–Crippen MR) is 160 cm³/mol. The van der Waals surface area contributed by atoms with E-state index in [0.717, 1.165) is 17.4 Å². The van der Waals surface area contributed by atoms with Gasteiger partial charge in [-0.2, -0.15) is 0 Å². The summed E-state index contributed by atoms with van der Waals surface area (Å²) in [5.74, 6) is -0.0510. The number of rotatable bonds is 7. The van der Waals surface area contributed by atoms with E-state index < -0.39 is 5.91 Å². The maximum Gasteiger partial charge on any atom is 0.270 e. The molecule has 0 atom stereocenters. The summed E-state index contributed by atoms with van der Waals surface area (Å²) in [5, 5.41) is 9.90. The molecule has 0 saturated carbocycles. The number of hydrogen-bond donors (Lipinski definition) is 4. The first-order valence-electron chi connectivity index (χ1n) is 13.5. The molecule has 2 aromatic carbocycles. The number of nitrogens with one attached hydrogen (secondary N) is 4. The second-order valence-corrected chi connectivity index (χ2v) is 9.52. The second kappa shape index (κ2) is 15.3. The van der Waals surface area contributed by atoms with Gasteiger partial charge in [0.2, 0.25) is 0 Å². The minimum absolute atomic E-state index is 0.0284. The molecular formula is C30H37N7O5. The summed E-state index contributed by atoms with van der Waals surface area (Å²) >= 11 is 0. The normalized spacial score (nSPS) is 14.6. The van der Waals surface area contributed by atoms with Gasteiger partial charge in [-0.3, -0.25) is 24.2 Å². The highest BCUT2D eigenvalue weighted by molar-refractivity contribution is 6.44. The molecule has 0 spiro atoms. The molecule has 0 bridgehead atoms. The molecule has 2 aromatic rings. The average Bonchev–Trinajstić information content (AvgIpc) is 3.48. The van der Waals surface area contributed by atoms with Gasteiger partial charge in [-0.15, -0.1) is 0 Å². The summed E-state index contributed by atoms with van der Waals surface area (Å²) in [6.45, 7) is 4.88. The molecule has 0 fully saturated rings. The summed E-state index contributed by atoms with van der Waals surface area (Å²) in [6, 6.07) is 12.1. The second-order valence-electron chi connectivity index (χ2n) is 9.52. The van der Waals surface area contributed by atoms with Crippen LogP contribution in [0, 0.1) is 0 Å². The number of hydrogen-bond acceptors (Lipinski definition) is 9. The van der Waals surface area contributed by atoms with Crippen LogP contribution in [-0.2, 0) is 27.5 Å². The van der Waals surface area contributed by atoms with Crippen molar-refractivity contribution in [3.05, 3.63) is 82.8 Å². The lowest BCUT2D eigenvalue weighted by atomic mass is 10.1. The van der Waals surface area contributed by atoms with E-state index in [4.69, 9.17) is 4.74 Å². The van der Waals surface area contributed by atoms with Gasteiger partial charge in [0.25, 0.3) is 17.7 Å². The van der Waals surface area contributed by atoms with Crippen LogP contribution in [0.5, 0.6) is 5.75 Å². The Balaban J connectivity index is 0.000000745. The van der Waals surface area contributed by atoms with E-state index >= 15 is 0 Å². The molecule has 3 amide bonds. The van der Waals surface area contributed by atoms with Crippen molar-refractivity contribution in [1.29, 1.82) is 0 Å². The average molecular weight is 576 g/mol. The van der Waals surface area contributed by atoms with E-state index in [0.29, 0.717) is 29.4 Å². The van der Waals surface area contributed by atoms with Gasteiger partial charge in [0.15, 0.2) is 6.61 Å². The molecule has 42 heavy (non-hydrogen) atoms. The Morgan fingerprint density at radius 1 is 1.02 bits per heavy atom. The quantitative estimate of drug-likeness (QED) is 0.367. The predicted octanol–water partition coefficient (Wildman–Crippen LogP) is 1.97. The number of aldehydes is 1. The Morgan fingerprint density at radius 2 is 1.67 bits per heavy atom. The van der Waals surface area contributed by atoms with Crippen LogP contribution in [-0.4, -0.2) is 73.9 Å². The van der Waals surface area contributed by atoms with Crippen LogP contribution in [0.3, 0.4) is 0 Å². The highest BCUT2D eigenvalue weighted by Crippen LogP contribution is 2.28. The number of anilines is 1. The number of aliphatic imine (C=N–C) groups is 1. The zero-order valence-corrected chi connectivity index (χ0v) is 24.5. The summed E-state index contributed by atoms with van der Waals surface area (Å²) in [4.78, 5) is 54.6. The fourth-order valence-electron chi connectivity index (χ4n) is 3.84. The zero-order chi connectivity index (χ0) is 30.6. The summed E-state index contributed by atoms with van der Waals surface area (Å²) < 4.78 is 5.35. The fourth-order valence-corrected chi connectivity index (χ4v) is 3.84. The van der Waals surface area contributed by atoms with Crippen molar-refractivity contribution in [3.63, 3.8) is 0 Å². The molecular weight excluding hydrogens is 538 g/mol. The third-order valence-electron chi connectivity index (χ3n) is 5.68. The Hall–Kier alpha value is -4.81. The van der Waals surface area contributed by atoms with Crippen LogP contribution < -0.4 is 26.1 Å². The number of nitrogens with zero attached hydrogens (tertiary/aromatic N) is 3. The molecule has 222 valence electrons. The highest BCUT2D eigenvalue weighted by Gasteiger charge is 2.30. The Morgan fingerprint density at radius 3 is 2.36 bits per heavy atom. The lowest BCUT2D eigenvalue weighted by Crippen LogP contribution is -2.42. The van der Waals surface area contributed by atoms with Crippen molar-refractivity contribution < 1.29 is 23.9 Å². The van der Waals surface area contributed by atoms with Gasteiger partial charge >= 0.3 is 0 Å². The van der Waals surface area contributed by atoms with E-state index in [1.54, 1.807) is 48.5 Å². The van der Waals surface area contributed by atoms with Gasteiger partial charge in [0, 0.05) is 31.3 Å². The van der Waals surface area contributed by atoms with Crippen LogP contribution in [0.1, 0.15) is 35.3 Å². The van der Waals surface area contributed by atoms with Crippen LogP contribution in [0.4, 0.5) is 5.69 Å². The number of hydrazine groups is 1. The number of benzene rings is 2. The molecule has 3 heterocycles. The molecule has 0 saturated heterocycles. The van der Waals surface area contributed by atoms with E-state index in [-0.39, 0.29) is 42.9 Å². The number of amides is 3. The maximum absolute atomic E-state index is 13.0. The minimum Gasteiger partial charge on any atom is -0.482 e. The number of carbonyl (C=O) groups is 4. The van der Waals surface area contributed by atoms with Gasteiger partial charge in [-0.1, -0.05) is 44.2 Å². The van der Waals surface area contributed by atoms with Crippen molar-refractivity contribution in [2.24, 2.45) is 4.99 Å². The maximum atomic E-state index is 13.0. The molecule has 0 aromatic heterocycles. The smallest absolute Gasteiger partial charge is 0.270 e. The third-order valence-corrected chi connectivity index (χ3v) is 5.68. The summed E-state index contributed by atoms with van der Waals surface area (Å²) in [7, 11) is 6.00. The van der Waals surface area contributed by atoms with Crippen molar-refractivity contribution in [1.82, 2.24) is 26.0 Å². The van der Waals surface area contributed by atoms with Gasteiger partial charge in [-0.05, 0) is 50.5 Å². The minimum atomic E-state index is -0.449. The summed E-state index contributed by atoms with van der Waals surface area (Å²) in [6.07, 6.45) is 3.96. The molecule has 12 heteroatoms. The first-order valence-corrected chi connectivity index (χ1v) is 13.5. The van der Waals surface area contributed by atoms with Crippen molar-refractivity contribution in [3.8, 4) is 5.75 Å². The lowest BCUT2D eigenvalue weighted by molar-refractivity contribution is -0.119. The molecule has 0 aliphatic carbocycles.